The van der Waals surface area contributed by atoms with Gasteiger partial charge in [0.05, 0.1) is 19.9 Å². The van der Waals surface area contributed by atoms with E-state index in [-0.39, 0.29) is 29.3 Å². The molecule has 8 nitrogen and oxygen atoms in total. The predicted octanol–water partition coefficient (Wildman–Crippen LogP) is 5.04. The summed E-state index contributed by atoms with van der Waals surface area (Å²) in [7, 11) is 3.08. The maximum Gasteiger partial charge on any atom is 0.258 e. The fraction of sp³-hybridized carbons (Fsp3) is 0.323. The van der Waals surface area contributed by atoms with Crippen molar-refractivity contribution in [3.05, 3.63) is 83.7 Å². The van der Waals surface area contributed by atoms with Gasteiger partial charge in [0.2, 0.25) is 5.91 Å². The number of hydrogen-bond donors (Lipinski definition) is 1. The van der Waals surface area contributed by atoms with Crippen LogP contribution in [0.1, 0.15) is 40.5 Å². The summed E-state index contributed by atoms with van der Waals surface area (Å²) >= 11 is 0. The van der Waals surface area contributed by atoms with Crippen molar-refractivity contribution in [2.75, 3.05) is 50.6 Å². The van der Waals surface area contributed by atoms with Gasteiger partial charge in [-0.2, -0.15) is 0 Å². The van der Waals surface area contributed by atoms with E-state index in [1.54, 1.807) is 42.3 Å². The van der Waals surface area contributed by atoms with Crippen LogP contribution >= 0.6 is 0 Å². The predicted molar refractivity (Wildman–Crippen MR) is 152 cm³/mol. The fourth-order valence-corrected chi connectivity index (χ4v) is 4.89. The molecule has 210 valence electrons. The second-order valence-corrected chi connectivity index (χ2v) is 9.74. The summed E-state index contributed by atoms with van der Waals surface area (Å²) in [5, 5.41) is 2.71. The molecule has 9 heteroatoms. The van der Waals surface area contributed by atoms with Gasteiger partial charge in [0.1, 0.15) is 17.3 Å². The Morgan fingerprint density at radius 2 is 1.57 bits per heavy atom. The first kappa shape index (κ1) is 28.8. The van der Waals surface area contributed by atoms with Gasteiger partial charge in [0.25, 0.3) is 5.91 Å². The molecule has 0 atom stereocenters. The molecule has 1 aliphatic rings. The number of hydrogen-bond acceptors (Lipinski definition) is 6. The Morgan fingerprint density at radius 1 is 0.925 bits per heavy atom. The van der Waals surface area contributed by atoms with E-state index in [0.717, 1.165) is 18.8 Å². The number of Topliss-reactive ketones (excluding diaryl/α,β-unsaturated/α-hetero) is 1. The number of ether oxygens (including phenoxy) is 2. The van der Waals surface area contributed by atoms with E-state index in [9.17, 15) is 18.8 Å². The number of rotatable bonds is 10. The minimum absolute atomic E-state index is 0.0475. The molecular weight excluding hydrogens is 513 g/mol. The zero-order valence-electron chi connectivity index (χ0n) is 23.0. The highest BCUT2D eigenvalue weighted by atomic mass is 19.1. The minimum Gasteiger partial charge on any atom is -0.497 e. The average Bonchev–Trinajstić information content (AvgIpc) is 2.97. The SMILES string of the molecule is COc1ccc(N(CCN2CCC(C(=O)c3ccc(F)cc3)CC2)C(=O)c2ccc(NC(C)=O)c(OC)c2)cc1. The Balaban J connectivity index is 1.46. The molecule has 0 aliphatic carbocycles. The van der Waals surface area contributed by atoms with Crippen LogP contribution in [0.4, 0.5) is 15.8 Å². The molecule has 4 rings (SSSR count). The second-order valence-electron chi connectivity index (χ2n) is 9.74. The van der Waals surface area contributed by atoms with Crippen LogP contribution in [-0.2, 0) is 4.79 Å². The molecule has 1 saturated heterocycles. The van der Waals surface area contributed by atoms with Crippen LogP contribution in [0.25, 0.3) is 0 Å². The van der Waals surface area contributed by atoms with Gasteiger partial charge < -0.3 is 24.6 Å². The van der Waals surface area contributed by atoms with Crippen molar-refractivity contribution in [2.45, 2.75) is 19.8 Å². The average molecular weight is 548 g/mol. The highest BCUT2D eigenvalue weighted by Crippen LogP contribution is 2.28. The first-order valence-corrected chi connectivity index (χ1v) is 13.2. The van der Waals surface area contributed by atoms with E-state index in [1.165, 1.54) is 26.2 Å². The number of amides is 2. The fourth-order valence-electron chi connectivity index (χ4n) is 4.89. The van der Waals surface area contributed by atoms with E-state index in [4.69, 9.17) is 9.47 Å². The van der Waals surface area contributed by atoms with E-state index < -0.39 is 0 Å². The number of carbonyl (C=O) groups excluding carboxylic acids is 3. The molecule has 3 aromatic rings. The molecule has 0 spiro atoms. The van der Waals surface area contributed by atoms with Gasteiger partial charge in [-0.1, -0.05) is 0 Å². The van der Waals surface area contributed by atoms with Crippen molar-refractivity contribution < 1.29 is 28.2 Å². The zero-order chi connectivity index (χ0) is 28.6. The number of anilines is 2. The maximum absolute atomic E-state index is 13.8. The Bertz CT molecular complexity index is 1340. The second kappa shape index (κ2) is 13.2. The quantitative estimate of drug-likeness (QED) is 0.358. The van der Waals surface area contributed by atoms with Crippen molar-refractivity contribution in [3.8, 4) is 11.5 Å². The van der Waals surface area contributed by atoms with Gasteiger partial charge in [0.15, 0.2) is 5.78 Å². The van der Waals surface area contributed by atoms with Crippen LogP contribution in [0, 0.1) is 11.7 Å². The molecule has 0 unspecified atom stereocenters. The normalized spacial score (nSPS) is 13.9. The molecule has 1 fully saturated rings. The number of benzene rings is 3. The highest BCUT2D eigenvalue weighted by Gasteiger charge is 2.27. The molecule has 3 aromatic carbocycles. The summed E-state index contributed by atoms with van der Waals surface area (Å²) in [6.45, 7) is 3.90. The standard InChI is InChI=1S/C31H34FN3O5/c1-21(36)33-28-13-6-24(20-29(28)40-3)31(38)35(26-9-11-27(39-2)12-10-26)19-18-34-16-14-23(15-17-34)30(37)22-4-7-25(32)8-5-22/h4-13,20,23H,14-19H2,1-3H3,(H,33,36). The lowest BCUT2D eigenvalue weighted by Gasteiger charge is -2.33. The first-order valence-electron chi connectivity index (χ1n) is 13.2. The van der Waals surface area contributed by atoms with Crippen LogP contribution in [0.3, 0.4) is 0 Å². The maximum atomic E-state index is 13.8. The van der Waals surface area contributed by atoms with E-state index in [0.29, 0.717) is 54.2 Å². The summed E-state index contributed by atoms with van der Waals surface area (Å²) in [4.78, 5) is 42.1. The van der Waals surface area contributed by atoms with E-state index >= 15 is 0 Å². The molecule has 40 heavy (non-hydrogen) atoms. The molecule has 1 heterocycles. The Hall–Kier alpha value is -4.24. The van der Waals surface area contributed by atoms with Crippen LogP contribution in [0.2, 0.25) is 0 Å². The van der Waals surface area contributed by atoms with Gasteiger partial charge >= 0.3 is 0 Å². The van der Waals surface area contributed by atoms with Gasteiger partial charge in [-0.25, -0.2) is 4.39 Å². The van der Waals surface area contributed by atoms with Gasteiger partial charge in [-0.05, 0) is 92.7 Å². The van der Waals surface area contributed by atoms with Crippen LogP contribution in [-0.4, -0.2) is 62.9 Å². The number of nitrogens with zero attached hydrogens (tertiary/aromatic N) is 2. The molecular formula is C31H34FN3O5. The minimum atomic E-state index is -0.357. The molecule has 0 aromatic heterocycles. The Labute approximate surface area is 233 Å². The lowest BCUT2D eigenvalue weighted by molar-refractivity contribution is -0.114. The first-order chi connectivity index (χ1) is 19.3. The van der Waals surface area contributed by atoms with E-state index in [1.807, 2.05) is 24.3 Å². The largest absolute Gasteiger partial charge is 0.497 e. The van der Waals surface area contributed by atoms with Crippen LogP contribution in [0.15, 0.2) is 66.7 Å². The van der Waals surface area contributed by atoms with E-state index in [2.05, 4.69) is 10.2 Å². The van der Waals surface area contributed by atoms with Gasteiger partial charge in [-0.3, -0.25) is 14.4 Å². The Morgan fingerprint density at radius 3 is 2.17 bits per heavy atom. The Kier molecular flexibility index (Phi) is 9.50. The third-order valence-electron chi connectivity index (χ3n) is 7.12. The molecule has 0 saturated carbocycles. The molecule has 1 aliphatic heterocycles. The van der Waals surface area contributed by atoms with Crippen molar-refractivity contribution in [2.24, 2.45) is 5.92 Å². The number of methoxy groups -OCH3 is 2. The number of likely N-dealkylation sites (tertiary alicyclic amines) is 1. The molecule has 0 bridgehead atoms. The van der Waals surface area contributed by atoms with Crippen molar-refractivity contribution in [1.82, 2.24) is 4.90 Å². The number of nitrogens with one attached hydrogen (secondary N) is 1. The summed E-state index contributed by atoms with van der Waals surface area (Å²) in [5.74, 6) is 0.222. The van der Waals surface area contributed by atoms with Crippen LogP contribution in [0.5, 0.6) is 11.5 Å². The van der Waals surface area contributed by atoms with Crippen molar-refractivity contribution >= 4 is 29.0 Å². The molecule has 2 amide bonds. The summed E-state index contributed by atoms with van der Waals surface area (Å²) < 4.78 is 23.9. The lowest BCUT2D eigenvalue weighted by atomic mass is 9.89. The highest BCUT2D eigenvalue weighted by molar-refractivity contribution is 6.07. The van der Waals surface area contributed by atoms with Crippen LogP contribution < -0.4 is 19.7 Å². The summed E-state index contributed by atoms with van der Waals surface area (Å²) in [6.07, 6.45) is 1.41. The third kappa shape index (κ3) is 7.04. The van der Waals surface area contributed by atoms with Gasteiger partial charge in [0, 0.05) is 42.7 Å². The lowest BCUT2D eigenvalue weighted by Crippen LogP contribution is -2.42. The number of piperidine rings is 1. The van der Waals surface area contributed by atoms with Gasteiger partial charge in [-0.15, -0.1) is 0 Å². The number of carbonyl (C=O) groups is 3. The smallest absolute Gasteiger partial charge is 0.258 e. The molecule has 0 radical (unpaired) electrons. The molecule has 1 N–H and O–H groups in total. The number of halogens is 1. The van der Waals surface area contributed by atoms with Crippen molar-refractivity contribution in [1.29, 1.82) is 0 Å². The van der Waals surface area contributed by atoms with Crippen molar-refractivity contribution in [3.63, 3.8) is 0 Å². The summed E-state index contributed by atoms with van der Waals surface area (Å²) in [5.41, 5.74) is 2.17. The monoisotopic (exact) mass is 547 g/mol. The number of ketones is 1. The summed E-state index contributed by atoms with van der Waals surface area (Å²) in [6, 6.07) is 18.0. The zero-order valence-corrected chi connectivity index (χ0v) is 23.0. The third-order valence-corrected chi connectivity index (χ3v) is 7.12. The topological polar surface area (TPSA) is 88.2 Å².